The number of nitrogens with one attached hydrogen (secondary N) is 3. The van der Waals surface area contributed by atoms with Crippen LogP contribution in [0.4, 0.5) is 16.4 Å². The maximum atomic E-state index is 12.9. The van der Waals surface area contributed by atoms with Crippen LogP contribution >= 0.6 is 0 Å². The van der Waals surface area contributed by atoms with Crippen LogP contribution in [-0.4, -0.2) is 34.0 Å². The van der Waals surface area contributed by atoms with E-state index in [1.54, 1.807) is 6.07 Å². The molecule has 31 heavy (non-hydrogen) atoms. The summed E-state index contributed by atoms with van der Waals surface area (Å²) in [6.45, 7) is 1.69. The fourth-order valence-electron chi connectivity index (χ4n) is 3.79. The van der Waals surface area contributed by atoms with Crippen LogP contribution in [-0.2, 0) is 0 Å². The molecule has 160 valence electrons. The summed E-state index contributed by atoms with van der Waals surface area (Å²) in [4.78, 5) is 19.1. The molecule has 8 heteroatoms. The fourth-order valence-corrected chi connectivity index (χ4v) is 3.79. The summed E-state index contributed by atoms with van der Waals surface area (Å²) in [5.41, 5.74) is 1.54. The number of nitrogens with zero attached hydrogens (tertiary/aromatic N) is 3. The average molecular weight is 419 g/mol. The third-order valence-corrected chi connectivity index (χ3v) is 5.38. The number of piperidine rings is 1. The first-order chi connectivity index (χ1) is 15.1. The van der Waals surface area contributed by atoms with Crippen molar-refractivity contribution in [3.8, 4) is 0 Å². The van der Waals surface area contributed by atoms with Gasteiger partial charge in [-0.15, -0.1) is 4.73 Å². The molecule has 2 heterocycles. The number of anilines is 2. The van der Waals surface area contributed by atoms with Crippen LogP contribution in [0.5, 0.6) is 0 Å². The Morgan fingerprint density at radius 2 is 1.55 bits per heavy atom. The maximum Gasteiger partial charge on any atom is 0.321 e. The zero-order chi connectivity index (χ0) is 21.6. The van der Waals surface area contributed by atoms with Crippen molar-refractivity contribution in [3.05, 3.63) is 83.5 Å². The van der Waals surface area contributed by atoms with Crippen molar-refractivity contribution in [2.45, 2.75) is 25.3 Å². The van der Waals surface area contributed by atoms with Crippen molar-refractivity contribution in [2.75, 3.05) is 23.3 Å². The van der Waals surface area contributed by atoms with E-state index < -0.39 is 6.03 Å². The molecule has 0 bridgehead atoms. The lowest BCUT2D eigenvalue weighted by atomic mass is 9.99. The van der Waals surface area contributed by atoms with Gasteiger partial charge in [0, 0.05) is 19.2 Å². The van der Waals surface area contributed by atoms with Gasteiger partial charge in [0.25, 0.3) is 5.62 Å². The Hall–Kier alpha value is -3.81. The molecule has 1 aliphatic heterocycles. The van der Waals surface area contributed by atoms with E-state index in [9.17, 15) is 10.0 Å². The molecule has 2 aromatic carbocycles. The minimum atomic E-state index is -0.490. The molecule has 0 unspecified atom stereocenters. The summed E-state index contributed by atoms with van der Waals surface area (Å²) in [6, 6.07) is 20.1. The average Bonchev–Trinajstić information content (AvgIpc) is 2.82. The van der Waals surface area contributed by atoms with E-state index in [1.807, 2.05) is 60.7 Å². The number of rotatable bonds is 5. The predicted molar refractivity (Wildman–Crippen MR) is 118 cm³/mol. The molecule has 8 nitrogen and oxygen atoms in total. The number of hydrogen-bond donors (Lipinski definition) is 4. The number of aromatic nitrogens is 2. The van der Waals surface area contributed by atoms with Crippen LogP contribution in [0.2, 0.25) is 0 Å². The van der Waals surface area contributed by atoms with Crippen molar-refractivity contribution < 1.29 is 10.0 Å². The minimum absolute atomic E-state index is 0.0953. The maximum absolute atomic E-state index is 12.9. The topological polar surface area (TPSA) is 106 Å². The Kier molecular flexibility index (Phi) is 6.16. The second-order valence-electron chi connectivity index (χ2n) is 7.54. The number of benzene rings is 2. The van der Waals surface area contributed by atoms with Crippen molar-refractivity contribution in [1.82, 2.24) is 15.0 Å². The zero-order valence-electron chi connectivity index (χ0n) is 17.2. The number of amides is 2. The Balaban J connectivity index is 1.57. The number of carbonyl (C=O) groups excluding carboxylic acids is 1. The molecule has 0 spiro atoms. The SMILES string of the molecule is N=c1nc(N2CCCCC2)cc(NC(=O)NC(c2ccccc2)c2ccccc2)n1O. The van der Waals surface area contributed by atoms with Crippen LogP contribution in [0.25, 0.3) is 0 Å². The molecule has 3 aromatic rings. The molecule has 0 aliphatic carbocycles. The van der Waals surface area contributed by atoms with Gasteiger partial charge in [-0.1, -0.05) is 60.7 Å². The van der Waals surface area contributed by atoms with Crippen LogP contribution in [0.1, 0.15) is 36.4 Å². The summed E-state index contributed by atoms with van der Waals surface area (Å²) < 4.78 is 0.576. The lowest BCUT2D eigenvalue weighted by Crippen LogP contribution is -2.37. The molecule has 2 amide bonds. The van der Waals surface area contributed by atoms with Gasteiger partial charge in [-0.2, -0.15) is 4.98 Å². The lowest BCUT2D eigenvalue weighted by molar-refractivity contribution is 0.170. The predicted octanol–water partition coefficient (Wildman–Crippen LogP) is 3.50. The zero-order valence-corrected chi connectivity index (χ0v) is 17.2. The van der Waals surface area contributed by atoms with Gasteiger partial charge in [-0.05, 0) is 30.4 Å². The second-order valence-corrected chi connectivity index (χ2v) is 7.54. The first-order valence-electron chi connectivity index (χ1n) is 10.4. The smallest absolute Gasteiger partial charge is 0.321 e. The first-order valence-corrected chi connectivity index (χ1v) is 10.4. The van der Waals surface area contributed by atoms with E-state index in [0.29, 0.717) is 10.5 Å². The largest absolute Gasteiger partial charge is 0.423 e. The van der Waals surface area contributed by atoms with Crippen LogP contribution in [0, 0.1) is 5.41 Å². The van der Waals surface area contributed by atoms with Crippen molar-refractivity contribution in [3.63, 3.8) is 0 Å². The highest BCUT2D eigenvalue weighted by Gasteiger charge is 2.19. The Morgan fingerprint density at radius 1 is 0.968 bits per heavy atom. The molecule has 0 saturated carbocycles. The minimum Gasteiger partial charge on any atom is -0.423 e. The monoisotopic (exact) mass is 418 g/mol. The Bertz CT molecular complexity index is 1040. The van der Waals surface area contributed by atoms with Gasteiger partial charge in [-0.3, -0.25) is 10.7 Å². The third-order valence-electron chi connectivity index (χ3n) is 5.38. The van der Waals surface area contributed by atoms with Gasteiger partial charge in [0.1, 0.15) is 5.82 Å². The van der Waals surface area contributed by atoms with E-state index in [1.165, 1.54) is 6.42 Å². The normalized spacial score (nSPS) is 13.8. The first kappa shape index (κ1) is 20.5. The summed E-state index contributed by atoms with van der Waals surface area (Å²) in [6.07, 6.45) is 3.29. The lowest BCUT2D eigenvalue weighted by Gasteiger charge is -2.28. The van der Waals surface area contributed by atoms with E-state index in [0.717, 1.165) is 37.1 Å². The van der Waals surface area contributed by atoms with Crippen molar-refractivity contribution in [1.29, 1.82) is 5.41 Å². The van der Waals surface area contributed by atoms with Gasteiger partial charge in [-0.25, -0.2) is 4.79 Å². The van der Waals surface area contributed by atoms with Gasteiger partial charge >= 0.3 is 6.03 Å². The molecular formula is C23H26N6O2. The summed E-state index contributed by atoms with van der Waals surface area (Å²) in [5, 5.41) is 23.9. The van der Waals surface area contributed by atoms with Gasteiger partial charge < -0.3 is 15.4 Å². The van der Waals surface area contributed by atoms with E-state index in [2.05, 4.69) is 20.5 Å². The van der Waals surface area contributed by atoms with Gasteiger partial charge in [0.05, 0.1) is 6.04 Å². The summed E-state index contributed by atoms with van der Waals surface area (Å²) in [7, 11) is 0. The Morgan fingerprint density at radius 3 is 2.13 bits per heavy atom. The van der Waals surface area contributed by atoms with Crippen molar-refractivity contribution in [2.24, 2.45) is 0 Å². The molecule has 1 aromatic heterocycles. The van der Waals surface area contributed by atoms with E-state index in [4.69, 9.17) is 5.41 Å². The van der Waals surface area contributed by atoms with Crippen molar-refractivity contribution >= 4 is 17.7 Å². The third kappa shape index (κ3) is 4.85. The summed E-state index contributed by atoms with van der Waals surface area (Å²) >= 11 is 0. The highest BCUT2D eigenvalue weighted by molar-refractivity contribution is 5.89. The van der Waals surface area contributed by atoms with E-state index >= 15 is 0 Å². The molecule has 4 rings (SSSR count). The fraction of sp³-hybridized carbons (Fsp3) is 0.261. The molecule has 1 fully saturated rings. The van der Waals surface area contributed by atoms with Crippen LogP contribution in [0.3, 0.4) is 0 Å². The Labute approximate surface area is 180 Å². The quantitative estimate of drug-likeness (QED) is 0.476. The summed E-state index contributed by atoms with van der Waals surface area (Å²) in [5.74, 6) is 0.672. The van der Waals surface area contributed by atoms with Crippen LogP contribution < -0.4 is 21.2 Å². The molecule has 0 radical (unpaired) electrons. The number of hydrogen-bond acceptors (Lipinski definition) is 5. The van der Waals surface area contributed by atoms with Crippen LogP contribution in [0.15, 0.2) is 66.7 Å². The number of urea groups is 1. The molecule has 1 saturated heterocycles. The van der Waals surface area contributed by atoms with Gasteiger partial charge in [0.15, 0.2) is 5.82 Å². The van der Waals surface area contributed by atoms with E-state index in [-0.39, 0.29) is 17.5 Å². The molecule has 1 aliphatic rings. The highest BCUT2D eigenvalue weighted by atomic mass is 16.5. The number of carbonyl (C=O) groups is 1. The molecule has 4 N–H and O–H groups in total. The second kappa shape index (κ2) is 9.34. The molecule has 0 atom stereocenters. The molecular weight excluding hydrogens is 392 g/mol. The standard InChI is InChI=1S/C23H26N6O2/c24-22-25-19(28-14-8-3-9-15-28)16-20(29(22)31)26-23(30)27-21(17-10-4-1-5-11-17)18-12-6-2-7-13-18/h1-2,4-7,10-13,16,21,24,31H,3,8-9,14-15H2,(H2,26,27,30). The van der Waals surface area contributed by atoms with Gasteiger partial charge in [0.2, 0.25) is 0 Å². The highest BCUT2D eigenvalue weighted by Crippen LogP contribution is 2.23.